The Morgan fingerprint density at radius 2 is 1.82 bits per heavy atom. The van der Waals surface area contributed by atoms with Gasteiger partial charge in [-0.1, -0.05) is 41.5 Å². The first-order chi connectivity index (χ1) is 13.4. The number of fused-ring (bicyclic) bond motifs is 3. The number of thiophene rings is 1. The van der Waals surface area contributed by atoms with Crippen molar-refractivity contribution in [1.29, 1.82) is 0 Å². The molecule has 0 aliphatic rings. The SMILES string of the molecule is Cc1ccc(-c2c(C(=O)NC[C@H](C)O)sc3c2cnc2ccc(C)cc23)cc1. The van der Waals surface area contributed by atoms with Crippen LogP contribution < -0.4 is 5.32 Å². The minimum atomic E-state index is -0.591. The summed E-state index contributed by atoms with van der Waals surface area (Å²) in [7, 11) is 0. The molecule has 4 nitrogen and oxygen atoms in total. The van der Waals surface area contributed by atoms with Crippen LogP contribution in [-0.4, -0.2) is 28.6 Å². The largest absolute Gasteiger partial charge is 0.392 e. The monoisotopic (exact) mass is 390 g/mol. The standard InChI is InChI=1S/C23H22N2O2S/c1-13-4-7-16(8-5-13)20-18-12-24-19-9-6-14(2)10-17(19)21(18)28-22(20)23(27)25-11-15(3)26/h4-10,12,15,26H,11H2,1-3H3,(H,25,27)/t15-/m0/s1. The van der Waals surface area contributed by atoms with Crippen LogP contribution in [0, 0.1) is 13.8 Å². The van der Waals surface area contributed by atoms with E-state index in [1.54, 1.807) is 6.92 Å². The zero-order valence-electron chi connectivity index (χ0n) is 16.1. The molecule has 0 fully saturated rings. The summed E-state index contributed by atoms with van der Waals surface area (Å²) in [5.74, 6) is -0.168. The first-order valence-corrected chi connectivity index (χ1v) is 10.1. The fourth-order valence-electron chi connectivity index (χ4n) is 3.33. The van der Waals surface area contributed by atoms with Crippen LogP contribution in [0.1, 0.15) is 27.7 Å². The molecule has 1 amide bonds. The number of amides is 1. The number of benzene rings is 2. The summed E-state index contributed by atoms with van der Waals surface area (Å²) in [6.07, 6.45) is 1.27. The Hall–Kier alpha value is -2.76. The average Bonchev–Trinajstić information content (AvgIpc) is 3.07. The van der Waals surface area contributed by atoms with Crippen molar-refractivity contribution in [2.75, 3.05) is 6.54 Å². The van der Waals surface area contributed by atoms with Crippen molar-refractivity contribution in [3.63, 3.8) is 0 Å². The molecule has 28 heavy (non-hydrogen) atoms. The smallest absolute Gasteiger partial charge is 0.262 e. The number of hydrogen-bond donors (Lipinski definition) is 2. The second kappa shape index (κ2) is 7.34. The highest BCUT2D eigenvalue weighted by Crippen LogP contribution is 2.41. The molecule has 2 aromatic heterocycles. The van der Waals surface area contributed by atoms with Crippen LogP contribution in [0.15, 0.2) is 48.7 Å². The highest BCUT2D eigenvalue weighted by atomic mass is 32.1. The zero-order valence-corrected chi connectivity index (χ0v) is 16.9. The lowest BCUT2D eigenvalue weighted by Gasteiger charge is -2.08. The molecule has 0 saturated heterocycles. The van der Waals surface area contributed by atoms with Crippen LogP contribution >= 0.6 is 11.3 Å². The third-order valence-corrected chi connectivity index (χ3v) is 6.02. The third-order valence-electron chi connectivity index (χ3n) is 4.78. The molecule has 5 heteroatoms. The number of aromatic nitrogens is 1. The second-order valence-electron chi connectivity index (χ2n) is 7.25. The van der Waals surface area contributed by atoms with Gasteiger partial charge in [0, 0.05) is 33.8 Å². The van der Waals surface area contributed by atoms with Gasteiger partial charge in [-0.05, 0) is 38.5 Å². The summed E-state index contributed by atoms with van der Waals surface area (Å²) in [4.78, 5) is 18.2. The van der Waals surface area contributed by atoms with E-state index in [0.29, 0.717) is 4.88 Å². The van der Waals surface area contributed by atoms with Gasteiger partial charge in [0.25, 0.3) is 5.91 Å². The van der Waals surface area contributed by atoms with E-state index in [1.807, 2.05) is 37.4 Å². The normalized spacial score (nSPS) is 12.4. The van der Waals surface area contributed by atoms with Gasteiger partial charge >= 0.3 is 0 Å². The zero-order chi connectivity index (χ0) is 19.8. The highest BCUT2D eigenvalue weighted by molar-refractivity contribution is 7.22. The Morgan fingerprint density at radius 3 is 2.54 bits per heavy atom. The van der Waals surface area contributed by atoms with Crippen LogP contribution in [0.4, 0.5) is 0 Å². The van der Waals surface area contributed by atoms with E-state index in [0.717, 1.165) is 37.7 Å². The van der Waals surface area contributed by atoms with Gasteiger partial charge in [0.15, 0.2) is 0 Å². The molecule has 4 rings (SSSR count). The number of rotatable bonds is 4. The van der Waals surface area contributed by atoms with Gasteiger partial charge in [-0.15, -0.1) is 11.3 Å². The molecule has 2 aromatic carbocycles. The molecule has 2 heterocycles. The first kappa shape index (κ1) is 18.6. The Bertz CT molecular complexity index is 1180. The summed E-state index contributed by atoms with van der Waals surface area (Å²) in [5, 5.41) is 14.4. The van der Waals surface area contributed by atoms with Crippen LogP contribution in [0.2, 0.25) is 0 Å². The van der Waals surface area contributed by atoms with Gasteiger partial charge in [-0.25, -0.2) is 0 Å². The molecule has 0 saturated carbocycles. The number of hydrogen-bond acceptors (Lipinski definition) is 4. The van der Waals surface area contributed by atoms with E-state index >= 15 is 0 Å². The third kappa shape index (κ3) is 3.39. The molecular weight excluding hydrogens is 368 g/mol. The Kier molecular flexibility index (Phi) is 4.87. The van der Waals surface area contributed by atoms with E-state index < -0.39 is 6.10 Å². The minimum absolute atomic E-state index is 0.168. The lowest BCUT2D eigenvalue weighted by atomic mass is 10.00. The quantitative estimate of drug-likeness (QED) is 0.524. The van der Waals surface area contributed by atoms with Gasteiger partial charge in [-0.2, -0.15) is 0 Å². The van der Waals surface area contributed by atoms with Crippen molar-refractivity contribution >= 4 is 38.2 Å². The van der Waals surface area contributed by atoms with Crippen LogP contribution in [0.5, 0.6) is 0 Å². The number of nitrogens with one attached hydrogen (secondary N) is 1. The molecule has 1 atom stereocenters. The van der Waals surface area contributed by atoms with Crippen LogP contribution in [0.3, 0.4) is 0 Å². The fourth-order valence-corrected chi connectivity index (χ4v) is 4.57. The number of aliphatic hydroxyl groups is 1. The number of aliphatic hydroxyl groups excluding tert-OH is 1. The van der Waals surface area contributed by atoms with Crippen molar-refractivity contribution in [2.24, 2.45) is 0 Å². The van der Waals surface area contributed by atoms with Crippen molar-refractivity contribution < 1.29 is 9.90 Å². The molecule has 4 aromatic rings. The van der Waals surface area contributed by atoms with E-state index in [9.17, 15) is 9.90 Å². The van der Waals surface area contributed by atoms with Crippen molar-refractivity contribution in [3.8, 4) is 11.1 Å². The second-order valence-corrected chi connectivity index (χ2v) is 8.27. The maximum atomic E-state index is 13.0. The summed E-state index contributed by atoms with van der Waals surface area (Å²) >= 11 is 1.49. The van der Waals surface area contributed by atoms with Gasteiger partial charge in [0.1, 0.15) is 4.88 Å². The summed E-state index contributed by atoms with van der Waals surface area (Å²) < 4.78 is 1.06. The summed E-state index contributed by atoms with van der Waals surface area (Å²) in [5.41, 5.74) is 5.15. The van der Waals surface area contributed by atoms with E-state index in [2.05, 4.69) is 35.4 Å². The molecule has 0 bridgehead atoms. The molecular formula is C23H22N2O2S. The molecule has 0 unspecified atom stereocenters. The van der Waals surface area contributed by atoms with Crippen molar-refractivity contribution in [3.05, 3.63) is 64.7 Å². The lowest BCUT2D eigenvalue weighted by molar-refractivity contribution is 0.0928. The van der Waals surface area contributed by atoms with E-state index in [1.165, 1.54) is 16.9 Å². The molecule has 0 aliphatic carbocycles. The van der Waals surface area contributed by atoms with E-state index in [-0.39, 0.29) is 12.5 Å². The number of carbonyl (C=O) groups is 1. The first-order valence-electron chi connectivity index (χ1n) is 9.29. The molecule has 142 valence electrons. The van der Waals surface area contributed by atoms with Crippen LogP contribution in [0.25, 0.3) is 32.1 Å². The van der Waals surface area contributed by atoms with Crippen molar-refractivity contribution in [1.82, 2.24) is 10.3 Å². The number of nitrogens with zero attached hydrogens (tertiary/aromatic N) is 1. The molecule has 0 radical (unpaired) electrons. The molecule has 2 N–H and O–H groups in total. The highest BCUT2D eigenvalue weighted by Gasteiger charge is 2.21. The van der Waals surface area contributed by atoms with Crippen molar-refractivity contribution in [2.45, 2.75) is 26.9 Å². The van der Waals surface area contributed by atoms with Crippen LogP contribution in [-0.2, 0) is 0 Å². The molecule has 0 aliphatic heterocycles. The summed E-state index contributed by atoms with van der Waals surface area (Å²) in [6, 6.07) is 14.4. The summed E-state index contributed by atoms with van der Waals surface area (Å²) in [6.45, 7) is 5.98. The lowest BCUT2D eigenvalue weighted by Crippen LogP contribution is -2.30. The fraction of sp³-hybridized carbons (Fsp3) is 0.217. The van der Waals surface area contributed by atoms with Gasteiger partial charge in [0.2, 0.25) is 0 Å². The van der Waals surface area contributed by atoms with Gasteiger partial charge in [0.05, 0.1) is 11.6 Å². The van der Waals surface area contributed by atoms with E-state index in [4.69, 9.17) is 0 Å². The number of pyridine rings is 1. The maximum Gasteiger partial charge on any atom is 0.262 e. The predicted octanol–water partition coefficient (Wildman–Crippen LogP) is 4.84. The average molecular weight is 391 g/mol. The Labute approximate surface area is 167 Å². The Balaban J connectivity index is 1.98. The predicted molar refractivity (Wildman–Crippen MR) is 116 cm³/mol. The van der Waals surface area contributed by atoms with Gasteiger partial charge < -0.3 is 10.4 Å². The Morgan fingerprint density at radius 1 is 1.11 bits per heavy atom. The van der Waals surface area contributed by atoms with Gasteiger partial charge in [-0.3, -0.25) is 9.78 Å². The topological polar surface area (TPSA) is 62.2 Å². The minimum Gasteiger partial charge on any atom is -0.392 e. The molecule has 0 spiro atoms. The number of carbonyl (C=O) groups excluding carboxylic acids is 1. The number of aryl methyl sites for hydroxylation is 2. The maximum absolute atomic E-state index is 13.0.